The summed E-state index contributed by atoms with van der Waals surface area (Å²) in [7, 11) is -3.48. The van der Waals surface area contributed by atoms with Crippen LogP contribution in [0.5, 0.6) is 0 Å². The Bertz CT molecular complexity index is 573. The van der Waals surface area contributed by atoms with Gasteiger partial charge in [-0.3, -0.25) is 0 Å². The molecule has 1 rings (SSSR count). The number of guanidine groups is 1. The van der Waals surface area contributed by atoms with Crippen molar-refractivity contribution in [2.45, 2.75) is 40.2 Å². The van der Waals surface area contributed by atoms with E-state index in [1.807, 2.05) is 20.8 Å². The van der Waals surface area contributed by atoms with Gasteiger partial charge >= 0.3 is 0 Å². The number of primary sulfonamides is 1. The Kier molecular flexibility index (Phi) is 7.33. The molecule has 1 heterocycles. The number of aryl methyl sites for hydroxylation is 2. The second-order valence-electron chi connectivity index (χ2n) is 4.73. The van der Waals surface area contributed by atoms with Gasteiger partial charge in [0, 0.05) is 25.1 Å². The average molecular weight is 331 g/mol. The van der Waals surface area contributed by atoms with Crippen LogP contribution in [0, 0.1) is 0 Å². The predicted octanol–water partition coefficient (Wildman–Crippen LogP) is 0.143. The van der Waals surface area contributed by atoms with E-state index >= 15 is 0 Å². The fraction of sp³-hybridized carbons (Fsp3) is 0.692. The average Bonchev–Trinajstić information content (AvgIpc) is 2.85. The summed E-state index contributed by atoms with van der Waals surface area (Å²) in [6.07, 6.45) is 1.54. The van der Waals surface area contributed by atoms with Crippen molar-refractivity contribution in [2.75, 3.05) is 18.8 Å². The summed E-state index contributed by atoms with van der Waals surface area (Å²) in [5.74, 6) is 1.22. The highest BCUT2D eigenvalue weighted by atomic mass is 32.2. The Balaban J connectivity index is 2.75. The highest BCUT2D eigenvalue weighted by Gasteiger charge is 2.13. The van der Waals surface area contributed by atoms with Gasteiger partial charge in [0.25, 0.3) is 0 Å². The fourth-order valence-electron chi connectivity index (χ4n) is 1.93. The Morgan fingerprint density at radius 2 is 2.00 bits per heavy atom. The molecule has 0 bridgehead atoms. The van der Waals surface area contributed by atoms with Crippen LogP contribution in [0.25, 0.3) is 0 Å². The van der Waals surface area contributed by atoms with Gasteiger partial charge in [-0.25, -0.2) is 18.5 Å². The normalized spacial score (nSPS) is 12.5. The molecule has 0 atom stereocenters. The Hall–Kier alpha value is -1.61. The molecule has 4 N–H and O–H groups in total. The number of hydrogen-bond donors (Lipinski definition) is 3. The molecule has 0 amide bonds. The molecule has 0 aliphatic heterocycles. The summed E-state index contributed by atoms with van der Waals surface area (Å²) in [5.41, 5.74) is 1.90. The van der Waals surface area contributed by atoms with Gasteiger partial charge in [0.2, 0.25) is 10.0 Å². The molecule has 22 heavy (non-hydrogen) atoms. The van der Waals surface area contributed by atoms with Crippen molar-refractivity contribution in [1.82, 2.24) is 15.8 Å². The van der Waals surface area contributed by atoms with E-state index in [1.165, 1.54) is 0 Å². The van der Waals surface area contributed by atoms with Crippen molar-refractivity contribution >= 4 is 16.0 Å². The summed E-state index contributed by atoms with van der Waals surface area (Å²) < 4.78 is 27.2. The topological polar surface area (TPSA) is 123 Å². The summed E-state index contributed by atoms with van der Waals surface area (Å²) in [4.78, 5) is 4.45. The van der Waals surface area contributed by atoms with Gasteiger partial charge in [0.1, 0.15) is 5.76 Å². The fourth-order valence-corrected chi connectivity index (χ4v) is 2.31. The number of nitrogens with one attached hydrogen (secondary N) is 2. The van der Waals surface area contributed by atoms with Crippen LogP contribution in [0.15, 0.2) is 9.52 Å². The monoisotopic (exact) mass is 331 g/mol. The largest absolute Gasteiger partial charge is 0.361 e. The van der Waals surface area contributed by atoms with Crippen LogP contribution in [0.1, 0.15) is 37.8 Å². The lowest BCUT2D eigenvalue weighted by Gasteiger charge is -2.10. The van der Waals surface area contributed by atoms with Crippen LogP contribution in [-0.2, 0) is 29.4 Å². The Labute approximate surface area is 131 Å². The molecule has 0 saturated heterocycles. The Morgan fingerprint density at radius 3 is 2.55 bits per heavy atom. The van der Waals surface area contributed by atoms with Gasteiger partial charge in [0.05, 0.1) is 18.0 Å². The summed E-state index contributed by atoms with van der Waals surface area (Å²) in [6.45, 7) is 7.26. The van der Waals surface area contributed by atoms with Crippen LogP contribution in [0.2, 0.25) is 0 Å². The van der Waals surface area contributed by atoms with Crippen LogP contribution >= 0.6 is 0 Å². The first-order valence-electron chi connectivity index (χ1n) is 7.40. The van der Waals surface area contributed by atoms with Gasteiger partial charge in [-0.15, -0.1) is 0 Å². The van der Waals surface area contributed by atoms with E-state index in [4.69, 9.17) is 9.66 Å². The molecule has 126 valence electrons. The minimum absolute atomic E-state index is 0.148. The molecule has 0 aliphatic carbocycles. The number of aromatic nitrogens is 1. The number of hydrogen-bond acceptors (Lipinski definition) is 5. The van der Waals surface area contributed by atoms with E-state index < -0.39 is 10.0 Å². The van der Waals surface area contributed by atoms with Crippen LogP contribution in [0.4, 0.5) is 0 Å². The maximum atomic E-state index is 10.9. The van der Waals surface area contributed by atoms with Crippen molar-refractivity contribution in [3.8, 4) is 0 Å². The molecule has 0 radical (unpaired) electrons. The molecule has 0 fully saturated rings. The molecule has 0 unspecified atom stereocenters. The molecule has 1 aromatic rings. The lowest BCUT2D eigenvalue weighted by molar-refractivity contribution is 0.380. The van der Waals surface area contributed by atoms with Gasteiger partial charge < -0.3 is 15.2 Å². The molecule has 9 heteroatoms. The zero-order valence-corrected chi connectivity index (χ0v) is 14.2. The third-order valence-corrected chi connectivity index (χ3v) is 3.80. The van der Waals surface area contributed by atoms with Crippen molar-refractivity contribution in [3.63, 3.8) is 0 Å². The number of nitrogens with two attached hydrogens (primary N) is 1. The maximum Gasteiger partial charge on any atom is 0.210 e. The van der Waals surface area contributed by atoms with E-state index in [0.717, 1.165) is 29.9 Å². The van der Waals surface area contributed by atoms with Crippen molar-refractivity contribution in [3.05, 3.63) is 17.0 Å². The smallest absolute Gasteiger partial charge is 0.210 e. The van der Waals surface area contributed by atoms with E-state index in [-0.39, 0.29) is 12.3 Å². The minimum atomic E-state index is -3.48. The zero-order valence-electron chi connectivity index (χ0n) is 13.3. The number of rotatable bonds is 8. The second-order valence-corrected chi connectivity index (χ2v) is 6.46. The van der Waals surface area contributed by atoms with Crippen LogP contribution in [-0.4, -0.2) is 38.4 Å². The molecule has 0 aliphatic rings. The van der Waals surface area contributed by atoms with Gasteiger partial charge in [-0.05, 0) is 13.3 Å². The highest BCUT2D eigenvalue weighted by molar-refractivity contribution is 7.89. The summed E-state index contributed by atoms with van der Waals surface area (Å²) in [6, 6.07) is 0. The van der Waals surface area contributed by atoms with Crippen molar-refractivity contribution in [1.29, 1.82) is 0 Å². The molecule has 0 aromatic carbocycles. The van der Waals surface area contributed by atoms with E-state index in [9.17, 15) is 8.42 Å². The van der Waals surface area contributed by atoms with Gasteiger partial charge in [0.15, 0.2) is 5.96 Å². The van der Waals surface area contributed by atoms with Crippen molar-refractivity contribution in [2.24, 2.45) is 10.1 Å². The first kappa shape index (κ1) is 18.4. The molecular formula is C13H25N5O3S. The first-order valence-corrected chi connectivity index (χ1v) is 9.11. The van der Waals surface area contributed by atoms with E-state index in [2.05, 4.69) is 20.8 Å². The van der Waals surface area contributed by atoms with Crippen molar-refractivity contribution < 1.29 is 12.9 Å². The zero-order chi connectivity index (χ0) is 16.6. The minimum Gasteiger partial charge on any atom is -0.361 e. The lowest BCUT2D eigenvalue weighted by atomic mass is 10.1. The third kappa shape index (κ3) is 6.02. The number of sulfonamides is 1. The van der Waals surface area contributed by atoms with E-state index in [1.54, 1.807) is 0 Å². The first-order chi connectivity index (χ1) is 10.4. The van der Waals surface area contributed by atoms with Gasteiger partial charge in [-0.2, -0.15) is 0 Å². The molecule has 0 saturated carbocycles. The SMILES string of the molecule is CCNC(=NCc1c(CC)noc1CC)NCCS(N)(=O)=O. The standard InChI is InChI=1S/C13H25N5O3S/c1-4-11-10(12(5-2)21-18-11)9-17-13(15-6-3)16-7-8-22(14,19)20/h4-9H2,1-3H3,(H2,14,19,20)(H2,15,16,17). The third-order valence-electron chi connectivity index (χ3n) is 3.03. The van der Waals surface area contributed by atoms with Crippen LogP contribution in [0.3, 0.4) is 0 Å². The van der Waals surface area contributed by atoms with Crippen LogP contribution < -0.4 is 15.8 Å². The lowest BCUT2D eigenvalue weighted by Crippen LogP contribution is -2.40. The molecular weight excluding hydrogens is 306 g/mol. The molecule has 8 nitrogen and oxygen atoms in total. The van der Waals surface area contributed by atoms with Gasteiger partial charge in [-0.1, -0.05) is 19.0 Å². The molecule has 0 spiro atoms. The summed E-state index contributed by atoms with van der Waals surface area (Å²) >= 11 is 0. The molecule has 1 aromatic heterocycles. The Morgan fingerprint density at radius 1 is 1.27 bits per heavy atom. The predicted molar refractivity (Wildman–Crippen MR) is 86.1 cm³/mol. The highest BCUT2D eigenvalue weighted by Crippen LogP contribution is 2.16. The second kappa shape index (κ2) is 8.74. The quantitative estimate of drug-likeness (QED) is 0.460. The summed E-state index contributed by atoms with van der Waals surface area (Å²) in [5, 5.41) is 15.0. The number of aliphatic imine (C=N–C) groups is 1. The maximum absolute atomic E-state index is 10.9. The van der Waals surface area contributed by atoms with E-state index in [0.29, 0.717) is 19.0 Å². The number of nitrogens with zero attached hydrogens (tertiary/aromatic N) is 2.